The first kappa shape index (κ1) is 41.9. The van der Waals surface area contributed by atoms with Crippen LogP contribution >= 0.6 is 0 Å². The van der Waals surface area contributed by atoms with Crippen molar-refractivity contribution in [2.24, 2.45) is 0 Å². The van der Waals surface area contributed by atoms with Crippen LogP contribution in [0.1, 0.15) is 36.2 Å². The summed E-state index contributed by atoms with van der Waals surface area (Å²) in [5.41, 5.74) is 12.6. The van der Waals surface area contributed by atoms with Gasteiger partial charge in [-0.2, -0.15) is 0 Å². The molecule has 2 unspecified atom stereocenters. The zero-order valence-corrected chi connectivity index (χ0v) is 40.2. The highest BCUT2D eigenvalue weighted by Crippen LogP contribution is 2.48. The molecule has 342 valence electrons. The maximum absolute atomic E-state index is 6.95. The minimum Gasteiger partial charge on any atom is -0.366 e. The quantitative estimate of drug-likeness (QED) is 0.119. The Morgan fingerprint density at radius 1 is 0.219 bits per heavy atom. The number of ether oxygens (including phenoxy) is 1. The van der Waals surface area contributed by atoms with Gasteiger partial charge >= 0.3 is 0 Å². The Kier molecular flexibility index (Phi) is 9.68. The van der Waals surface area contributed by atoms with Gasteiger partial charge in [0.1, 0.15) is 0 Å². The van der Waals surface area contributed by atoms with Crippen molar-refractivity contribution in [2.45, 2.75) is 25.0 Å². The molecule has 0 spiro atoms. The molecule has 0 saturated carbocycles. The van der Waals surface area contributed by atoms with E-state index in [4.69, 9.17) is 4.74 Å². The van der Waals surface area contributed by atoms with Crippen molar-refractivity contribution in [3.05, 3.63) is 266 Å². The predicted octanol–water partition coefficient (Wildman–Crippen LogP) is 20.2. The Labute approximate surface area is 424 Å². The lowest BCUT2D eigenvalue weighted by molar-refractivity contribution is 0.0442. The van der Waals surface area contributed by atoms with Crippen LogP contribution < -0.4 is 0 Å². The number of hydrogen-bond acceptors (Lipinski definition) is 1. The molecule has 14 aromatic carbocycles. The zero-order valence-electron chi connectivity index (χ0n) is 40.2. The lowest BCUT2D eigenvalue weighted by Crippen LogP contribution is -2.00. The van der Waals surface area contributed by atoms with Gasteiger partial charge in [0.2, 0.25) is 0 Å². The van der Waals surface area contributed by atoms with Crippen LogP contribution in [0, 0.1) is 0 Å². The molecule has 0 amide bonds. The van der Waals surface area contributed by atoms with Gasteiger partial charge in [0.05, 0.1) is 12.2 Å². The van der Waals surface area contributed by atoms with Crippen molar-refractivity contribution in [2.75, 3.05) is 0 Å². The van der Waals surface area contributed by atoms with Crippen LogP contribution in [0.5, 0.6) is 0 Å². The molecular formula is C72H48O. The van der Waals surface area contributed by atoms with E-state index in [2.05, 4.69) is 255 Å². The van der Waals surface area contributed by atoms with Crippen LogP contribution in [-0.4, -0.2) is 0 Å². The van der Waals surface area contributed by atoms with Gasteiger partial charge in [0.15, 0.2) is 0 Å². The smallest absolute Gasteiger partial charge is 0.0834 e. The van der Waals surface area contributed by atoms with Gasteiger partial charge in [0, 0.05) is 0 Å². The maximum Gasteiger partial charge on any atom is 0.0834 e. The molecule has 0 N–H and O–H groups in total. The van der Waals surface area contributed by atoms with Gasteiger partial charge in [-0.3, -0.25) is 0 Å². The predicted molar refractivity (Wildman–Crippen MR) is 310 cm³/mol. The van der Waals surface area contributed by atoms with E-state index >= 15 is 0 Å². The van der Waals surface area contributed by atoms with Gasteiger partial charge < -0.3 is 4.74 Å². The summed E-state index contributed by atoms with van der Waals surface area (Å²) in [5, 5.41) is 20.3. The first-order chi connectivity index (χ1) is 36.2. The van der Waals surface area contributed by atoms with Crippen LogP contribution in [0.3, 0.4) is 0 Å². The Hall–Kier alpha value is -8.88. The fourth-order valence-electron chi connectivity index (χ4n) is 12.7. The highest BCUT2D eigenvalue weighted by Gasteiger charge is 2.28. The van der Waals surface area contributed by atoms with Crippen LogP contribution in [0.4, 0.5) is 0 Å². The Morgan fingerprint density at radius 2 is 0.493 bits per heavy atom. The Balaban J connectivity index is 0.722. The van der Waals surface area contributed by atoms with E-state index < -0.39 is 0 Å². The molecule has 1 nitrogen and oxygen atoms in total. The first-order valence-corrected chi connectivity index (χ1v) is 25.8. The summed E-state index contributed by atoms with van der Waals surface area (Å²) in [5.74, 6) is 0. The van der Waals surface area contributed by atoms with Crippen molar-refractivity contribution in [1.82, 2.24) is 0 Å². The lowest BCUT2D eigenvalue weighted by atomic mass is 9.85. The normalized spacial score (nSPS) is 15.0. The van der Waals surface area contributed by atoms with E-state index in [1.807, 2.05) is 0 Å². The molecular weight excluding hydrogens is 881 g/mol. The van der Waals surface area contributed by atoms with Crippen LogP contribution in [0.15, 0.2) is 255 Å². The number of benzene rings is 14. The van der Waals surface area contributed by atoms with Crippen LogP contribution in [0.2, 0.25) is 0 Å². The van der Waals surface area contributed by atoms with Crippen molar-refractivity contribution < 1.29 is 4.74 Å². The fourth-order valence-corrected chi connectivity index (χ4v) is 12.7. The molecule has 0 bridgehead atoms. The second-order valence-corrected chi connectivity index (χ2v) is 20.1. The first-order valence-electron chi connectivity index (χ1n) is 25.8. The summed E-state index contributed by atoms with van der Waals surface area (Å²) in [4.78, 5) is 0. The summed E-state index contributed by atoms with van der Waals surface area (Å²) in [6, 6.07) is 94.6. The van der Waals surface area contributed by atoms with Gasteiger partial charge in [-0.25, -0.2) is 0 Å². The average Bonchev–Trinajstić information content (AvgIpc) is 3.97. The minimum atomic E-state index is 0.0486. The standard InChI is InChI=1S/C72H48O/c1-3-15-45(16-4-1)69-59-19-7-11-23-63(59)71(64-24-12-8-20-60(64)69)53-33-37-57-49(43-53)29-27-47-41-51(31-35-55(47)57)67-39-40-68(73-67)52-32-36-56-48(42-52)28-30-50-44-54(34-38-58(50)56)72-65-25-13-9-21-61(65)70(46-17-5-2-6-18-46)62-22-10-14-26-66(62)72/h1-38,41-44,67-68H,39-40H2. The third kappa shape index (κ3) is 6.81. The molecule has 2 atom stereocenters. The zero-order chi connectivity index (χ0) is 48.0. The summed E-state index contributed by atoms with van der Waals surface area (Å²) in [7, 11) is 0. The number of hydrogen-bond donors (Lipinski definition) is 0. The summed E-state index contributed by atoms with van der Waals surface area (Å²) in [6.07, 6.45) is 2.08. The third-order valence-corrected chi connectivity index (χ3v) is 16.0. The largest absolute Gasteiger partial charge is 0.366 e. The summed E-state index contributed by atoms with van der Waals surface area (Å²) >= 11 is 0. The molecule has 15 rings (SSSR count). The molecule has 14 aromatic rings. The monoisotopic (exact) mass is 928 g/mol. The van der Waals surface area contributed by atoms with Gasteiger partial charge in [-0.05, 0) is 179 Å². The summed E-state index contributed by atoms with van der Waals surface area (Å²) < 4.78 is 6.95. The van der Waals surface area contributed by atoms with E-state index in [1.54, 1.807) is 0 Å². The van der Waals surface area contributed by atoms with E-state index in [0.717, 1.165) is 12.8 Å². The molecule has 73 heavy (non-hydrogen) atoms. The molecule has 1 aliphatic rings. The highest BCUT2D eigenvalue weighted by molar-refractivity contribution is 6.24. The third-order valence-electron chi connectivity index (χ3n) is 16.0. The molecule has 1 fully saturated rings. The summed E-state index contributed by atoms with van der Waals surface area (Å²) in [6.45, 7) is 0. The van der Waals surface area contributed by atoms with E-state index in [1.165, 1.54) is 142 Å². The number of fused-ring (bicyclic) bond motifs is 10. The van der Waals surface area contributed by atoms with Crippen molar-refractivity contribution in [3.8, 4) is 44.5 Å². The maximum atomic E-state index is 6.95. The average molecular weight is 929 g/mol. The second kappa shape index (κ2) is 16.9. The van der Waals surface area contributed by atoms with E-state index in [0.29, 0.717) is 0 Å². The van der Waals surface area contributed by atoms with Crippen molar-refractivity contribution in [1.29, 1.82) is 0 Å². The highest BCUT2D eigenvalue weighted by atomic mass is 16.5. The van der Waals surface area contributed by atoms with Crippen LogP contribution in [-0.2, 0) is 4.74 Å². The Morgan fingerprint density at radius 3 is 0.822 bits per heavy atom. The molecule has 0 aromatic heterocycles. The van der Waals surface area contributed by atoms with Gasteiger partial charge in [0.25, 0.3) is 0 Å². The second-order valence-electron chi connectivity index (χ2n) is 20.1. The molecule has 1 heterocycles. The van der Waals surface area contributed by atoms with E-state index in [-0.39, 0.29) is 12.2 Å². The topological polar surface area (TPSA) is 9.23 Å². The van der Waals surface area contributed by atoms with Gasteiger partial charge in [-0.15, -0.1) is 0 Å². The van der Waals surface area contributed by atoms with Crippen molar-refractivity contribution in [3.63, 3.8) is 0 Å². The number of rotatable bonds is 6. The fraction of sp³-hybridized carbons (Fsp3) is 0.0556. The lowest BCUT2D eigenvalue weighted by Gasteiger charge is -2.18. The molecule has 1 heteroatoms. The molecule has 0 aliphatic carbocycles. The van der Waals surface area contributed by atoms with Gasteiger partial charge in [-0.1, -0.05) is 231 Å². The SMILES string of the molecule is c1ccc(-c2c3ccccc3c(-c3ccc4c(ccc5cc(C6CCC(c7ccc8c(ccc9cc(-c%10c%11ccccc%11c(-c%11ccccc%11)c%11ccccc%10%11)ccc98)c7)O6)ccc54)c3)c3ccccc23)cc1. The minimum absolute atomic E-state index is 0.0486. The van der Waals surface area contributed by atoms with Crippen LogP contribution in [0.25, 0.3) is 131 Å². The molecule has 0 radical (unpaired) electrons. The van der Waals surface area contributed by atoms with Crippen molar-refractivity contribution >= 4 is 86.2 Å². The van der Waals surface area contributed by atoms with E-state index in [9.17, 15) is 0 Å². The molecule has 1 saturated heterocycles. The molecule has 1 aliphatic heterocycles. The Bertz CT molecular complexity index is 4130.